The number of anilines is 1. The molecule has 1 saturated heterocycles. The number of amides is 2. The van der Waals surface area contributed by atoms with Crippen LogP contribution in [0.25, 0.3) is 0 Å². The highest BCUT2D eigenvalue weighted by atomic mass is 35.5. The van der Waals surface area contributed by atoms with Gasteiger partial charge in [0.2, 0.25) is 0 Å². The maximum absolute atomic E-state index is 12.8. The van der Waals surface area contributed by atoms with Crippen molar-refractivity contribution in [1.82, 2.24) is 4.90 Å². The fourth-order valence-electron chi connectivity index (χ4n) is 3.04. The third kappa shape index (κ3) is 3.88. The molecule has 3 nitrogen and oxygen atoms in total. The van der Waals surface area contributed by atoms with Gasteiger partial charge in [0.05, 0.1) is 16.8 Å². The zero-order chi connectivity index (χ0) is 16.2. The molecular weight excluding hydrogens is 328 g/mol. The summed E-state index contributed by atoms with van der Waals surface area (Å²) in [5, 5.41) is 5.65. The Morgan fingerprint density at radius 1 is 1.30 bits per heavy atom. The molecule has 5 heteroatoms. The minimum absolute atomic E-state index is 0.0592. The van der Waals surface area contributed by atoms with Crippen molar-refractivity contribution in [2.24, 2.45) is 0 Å². The van der Waals surface area contributed by atoms with Crippen molar-refractivity contribution >= 4 is 34.7 Å². The quantitative estimate of drug-likeness (QED) is 0.724. The number of rotatable bonds is 2. The molecule has 1 aliphatic heterocycles. The highest BCUT2D eigenvalue weighted by molar-refractivity contribution is 7.10. The van der Waals surface area contributed by atoms with Crippen molar-refractivity contribution < 1.29 is 4.79 Å². The van der Waals surface area contributed by atoms with Gasteiger partial charge < -0.3 is 10.2 Å². The van der Waals surface area contributed by atoms with Crippen LogP contribution >= 0.6 is 22.9 Å². The van der Waals surface area contributed by atoms with E-state index in [0.29, 0.717) is 10.7 Å². The van der Waals surface area contributed by atoms with Gasteiger partial charge in [-0.25, -0.2) is 4.79 Å². The third-order valence-electron chi connectivity index (χ3n) is 4.25. The molecule has 0 bridgehead atoms. The number of thiophene rings is 1. The Morgan fingerprint density at radius 3 is 2.91 bits per heavy atom. The Balaban J connectivity index is 1.80. The average Bonchev–Trinajstić information content (AvgIpc) is 2.94. The monoisotopic (exact) mass is 348 g/mol. The van der Waals surface area contributed by atoms with Crippen molar-refractivity contribution in [1.29, 1.82) is 0 Å². The van der Waals surface area contributed by atoms with Gasteiger partial charge in [-0.15, -0.1) is 11.3 Å². The third-order valence-corrected chi connectivity index (χ3v) is 5.54. The van der Waals surface area contributed by atoms with E-state index in [1.54, 1.807) is 11.3 Å². The minimum atomic E-state index is -0.0592. The second-order valence-electron chi connectivity index (χ2n) is 5.99. The minimum Gasteiger partial charge on any atom is -0.317 e. The Labute approximate surface area is 146 Å². The summed E-state index contributed by atoms with van der Waals surface area (Å²) in [6, 6.07) is 9.99. The van der Waals surface area contributed by atoms with Gasteiger partial charge in [-0.1, -0.05) is 36.6 Å². The van der Waals surface area contributed by atoms with Crippen molar-refractivity contribution in [3.63, 3.8) is 0 Å². The summed E-state index contributed by atoms with van der Waals surface area (Å²) in [4.78, 5) is 16.1. The van der Waals surface area contributed by atoms with E-state index in [2.05, 4.69) is 22.8 Å². The molecular formula is C18H21ClN2OS. The van der Waals surface area contributed by atoms with Crippen molar-refractivity contribution in [2.75, 3.05) is 11.9 Å². The van der Waals surface area contributed by atoms with E-state index >= 15 is 0 Å². The number of nitrogens with zero attached hydrogens (tertiary/aromatic N) is 1. The van der Waals surface area contributed by atoms with Gasteiger partial charge in [0.1, 0.15) is 0 Å². The molecule has 3 rings (SSSR count). The molecule has 0 radical (unpaired) electrons. The van der Waals surface area contributed by atoms with E-state index in [-0.39, 0.29) is 12.1 Å². The predicted octanol–water partition coefficient (Wildman–Crippen LogP) is 5.86. The lowest BCUT2D eigenvalue weighted by Gasteiger charge is -2.29. The molecule has 1 N–H and O–H groups in total. The summed E-state index contributed by atoms with van der Waals surface area (Å²) in [7, 11) is 0. The van der Waals surface area contributed by atoms with Crippen LogP contribution in [0.5, 0.6) is 0 Å². The maximum Gasteiger partial charge on any atom is 0.322 e. The molecule has 1 aromatic carbocycles. The highest BCUT2D eigenvalue weighted by Crippen LogP contribution is 2.33. The lowest BCUT2D eigenvalue weighted by Crippen LogP contribution is -2.37. The van der Waals surface area contributed by atoms with Crippen LogP contribution in [0, 0.1) is 6.92 Å². The van der Waals surface area contributed by atoms with Crippen LogP contribution in [0.3, 0.4) is 0 Å². The molecule has 1 aromatic heterocycles. The van der Waals surface area contributed by atoms with Crippen LogP contribution in [0.15, 0.2) is 35.7 Å². The fourth-order valence-corrected chi connectivity index (χ4v) is 4.19. The summed E-state index contributed by atoms with van der Waals surface area (Å²) >= 11 is 7.97. The molecule has 1 fully saturated rings. The first-order valence-corrected chi connectivity index (χ1v) is 9.28. The normalized spacial score (nSPS) is 18.5. The number of nitrogens with one attached hydrogen (secondary N) is 1. The average molecular weight is 349 g/mol. The van der Waals surface area contributed by atoms with Crippen LogP contribution in [-0.4, -0.2) is 17.5 Å². The van der Waals surface area contributed by atoms with Gasteiger partial charge in [-0.05, 0) is 48.9 Å². The second kappa shape index (κ2) is 7.37. The van der Waals surface area contributed by atoms with Crippen molar-refractivity contribution in [2.45, 2.75) is 38.6 Å². The first kappa shape index (κ1) is 16.3. The summed E-state index contributed by atoms with van der Waals surface area (Å²) in [6.45, 7) is 2.77. The summed E-state index contributed by atoms with van der Waals surface area (Å²) < 4.78 is 0. The molecule has 0 spiro atoms. The smallest absolute Gasteiger partial charge is 0.317 e. The summed E-state index contributed by atoms with van der Waals surface area (Å²) in [6.07, 6.45) is 4.42. The van der Waals surface area contributed by atoms with Gasteiger partial charge in [-0.2, -0.15) is 0 Å². The Morgan fingerprint density at radius 2 is 2.17 bits per heavy atom. The Bertz CT molecular complexity index is 672. The molecule has 2 heterocycles. The topological polar surface area (TPSA) is 32.3 Å². The molecule has 1 aliphatic rings. The van der Waals surface area contributed by atoms with Crippen LogP contribution < -0.4 is 5.32 Å². The Kier molecular flexibility index (Phi) is 5.23. The van der Waals surface area contributed by atoms with E-state index < -0.39 is 0 Å². The number of carbonyl (C=O) groups excluding carboxylic acids is 1. The molecule has 0 aliphatic carbocycles. The van der Waals surface area contributed by atoms with Crippen LogP contribution in [0.2, 0.25) is 5.02 Å². The van der Waals surface area contributed by atoms with Crippen LogP contribution in [0.1, 0.15) is 42.2 Å². The Hall–Kier alpha value is -1.52. The van der Waals surface area contributed by atoms with Gasteiger partial charge in [0, 0.05) is 11.4 Å². The van der Waals surface area contributed by atoms with Crippen molar-refractivity contribution in [3.8, 4) is 0 Å². The largest absolute Gasteiger partial charge is 0.322 e. The first-order valence-electron chi connectivity index (χ1n) is 8.02. The molecule has 1 atom stereocenters. The molecule has 0 saturated carbocycles. The van der Waals surface area contributed by atoms with Gasteiger partial charge in [0.25, 0.3) is 0 Å². The zero-order valence-corrected chi connectivity index (χ0v) is 14.8. The standard InChI is InChI=1S/C18H21ClN2OS/c1-13-8-9-15(14(19)12-13)20-18(22)21-10-4-2-3-6-16(21)17-7-5-11-23-17/h5,7-9,11-12,16H,2-4,6,10H2,1H3,(H,20,22). The van der Waals surface area contributed by atoms with Gasteiger partial charge in [-0.3, -0.25) is 0 Å². The molecule has 23 heavy (non-hydrogen) atoms. The fraction of sp³-hybridized carbons (Fsp3) is 0.389. The van der Waals surface area contributed by atoms with E-state index in [9.17, 15) is 4.79 Å². The predicted molar refractivity (Wildman–Crippen MR) is 97.4 cm³/mol. The molecule has 2 aromatic rings. The second-order valence-corrected chi connectivity index (χ2v) is 7.37. The number of urea groups is 1. The lowest BCUT2D eigenvalue weighted by atomic mass is 10.1. The van der Waals surface area contributed by atoms with Crippen LogP contribution in [0.4, 0.5) is 10.5 Å². The number of likely N-dealkylation sites (tertiary alicyclic amines) is 1. The van der Waals surface area contributed by atoms with Gasteiger partial charge in [0.15, 0.2) is 0 Å². The zero-order valence-electron chi connectivity index (χ0n) is 13.2. The van der Waals surface area contributed by atoms with E-state index in [4.69, 9.17) is 11.6 Å². The number of aryl methyl sites for hydroxylation is 1. The van der Waals surface area contributed by atoms with E-state index in [1.807, 2.05) is 30.0 Å². The number of carbonyl (C=O) groups is 1. The molecule has 122 valence electrons. The number of benzene rings is 1. The number of hydrogen-bond acceptors (Lipinski definition) is 2. The molecule has 1 unspecified atom stereocenters. The van der Waals surface area contributed by atoms with Gasteiger partial charge >= 0.3 is 6.03 Å². The summed E-state index contributed by atoms with van der Waals surface area (Å²) in [5.41, 5.74) is 1.76. The highest BCUT2D eigenvalue weighted by Gasteiger charge is 2.27. The van der Waals surface area contributed by atoms with E-state index in [0.717, 1.165) is 31.4 Å². The first-order chi connectivity index (χ1) is 11.1. The maximum atomic E-state index is 12.8. The number of halogens is 1. The summed E-state index contributed by atoms with van der Waals surface area (Å²) in [5.74, 6) is 0. The van der Waals surface area contributed by atoms with Crippen LogP contribution in [-0.2, 0) is 0 Å². The van der Waals surface area contributed by atoms with Crippen molar-refractivity contribution in [3.05, 3.63) is 51.2 Å². The van der Waals surface area contributed by atoms with E-state index in [1.165, 1.54) is 11.3 Å². The lowest BCUT2D eigenvalue weighted by molar-refractivity contribution is 0.190. The SMILES string of the molecule is Cc1ccc(NC(=O)N2CCCCCC2c2cccs2)c(Cl)c1. The molecule has 2 amide bonds. The number of hydrogen-bond donors (Lipinski definition) is 1.